The molecule has 1 saturated heterocycles. The van der Waals surface area contributed by atoms with Gasteiger partial charge in [-0.15, -0.1) is 0 Å². The second-order valence-corrected chi connectivity index (χ2v) is 9.00. The first kappa shape index (κ1) is 23.8. The van der Waals surface area contributed by atoms with Crippen LogP contribution in [-0.2, 0) is 6.54 Å². The summed E-state index contributed by atoms with van der Waals surface area (Å²) in [5.74, 6) is -0.0367. The number of para-hydroxylation sites is 1. The lowest BCUT2D eigenvalue weighted by molar-refractivity contribution is 0.0753. The summed E-state index contributed by atoms with van der Waals surface area (Å²) in [7, 11) is 0. The molecule has 34 heavy (non-hydrogen) atoms. The van der Waals surface area contributed by atoms with Gasteiger partial charge in [0, 0.05) is 48.5 Å². The number of hydrogen-bond acceptors (Lipinski definition) is 3. The lowest BCUT2D eigenvalue weighted by atomic mass is 10.0. The number of amides is 2. The Bertz CT molecular complexity index is 1110. The van der Waals surface area contributed by atoms with E-state index in [0.29, 0.717) is 23.7 Å². The summed E-state index contributed by atoms with van der Waals surface area (Å²) in [6.45, 7) is 4.80. The summed E-state index contributed by atoms with van der Waals surface area (Å²) in [4.78, 5) is 30.2. The molecule has 1 aliphatic heterocycles. The Balaban J connectivity index is 1.40. The molecule has 0 aromatic heterocycles. The highest BCUT2D eigenvalue weighted by molar-refractivity contribution is 6.30. The van der Waals surface area contributed by atoms with Crippen LogP contribution < -0.4 is 10.2 Å². The molecule has 0 radical (unpaired) electrons. The minimum atomic E-state index is -0.0785. The fraction of sp³-hybridized carbons (Fsp3) is 0.286. The van der Waals surface area contributed by atoms with E-state index >= 15 is 0 Å². The molecule has 1 fully saturated rings. The third kappa shape index (κ3) is 5.78. The number of carbonyl (C=O) groups is 2. The third-order valence-electron chi connectivity index (χ3n) is 6.30. The summed E-state index contributed by atoms with van der Waals surface area (Å²) in [5.41, 5.74) is 3.42. The van der Waals surface area contributed by atoms with Crippen LogP contribution in [0.3, 0.4) is 0 Å². The van der Waals surface area contributed by atoms with Gasteiger partial charge in [0.2, 0.25) is 0 Å². The van der Waals surface area contributed by atoms with Crippen molar-refractivity contribution in [2.24, 2.45) is 0 Å². The van der Waals surface area contributed by atoms with E-state index in [4.69, 9.17) is 11.6 Å². The zero-order chi connectivity index (χ0) is 23.9. The van der Waals surface area contributed by atoms with Crippen LogP contribution in [0.5, 0.6) is 0 Å². The molecule has 0 bridgehead atoms. The Kier molecular flexibility index (Phi) is 7.86. The lowest BCUT2D eigenvalue weighted by Crippen LogP contribution is -2.45. The molecule has 1 aliphatic rings. The Labute approximate surface area is 206 Å². The molecule has 176 valence electrons. The van der Waals surface area contributed by atoms with Crippen LogP contribution in [0.15, 0.2) is 78.9 Å². The summed E-state index contributed by atoms with van der Waals surface area (Å²) in [6, 6.07) is 25.0. The van der Waals surface area contributed by atoms with Gasteiger partial charge in [-0.2, -0.15) is 0 Å². The minimum Gasteiger partial charge on any atom is -0.371 e. The maximum Gasteiger partial charge on any atom is 0.256 e. The number of rotatable bonds is 7. The molecule has 0 aliphatic carbocycles. The SMILES string of the molecule is CCN(Cc1ccccc1)C(=O)c1ccccc1N1CCC(NC(=O)c2ccc(Cl)cc2)CC1. The van der Waals surface area contributed by atoms with Gasteiger partial charge in [0.05, 0.1) is 5.56 Å². The van der Waals surface area contributed by atoms with Crippen molar-refractivity contribution >= 4 is 29.1 Å². The van der Waals surface area contributed by atoms with Crippen LogP contribution in [0.1, 0.15) is 46.0 Å². The molecule has 0 spiro atoms. The third-order valence-corrected chi connectivity index (χ3v) is 6.55. The summed E-state index contributed by atoms with van der Waals surface area (Å²) < 4.78 is 0. The molecule has 5 nitrogen and oxygen atoms in total. The highest BCUT2D eigenvalue weighted by atomic mass is 35.5. The molecule has 4 rings (SSSR count). The van der Waals surface area contributed by atoms with Gasteiger partial charge in [0.25, 0.3) is 11.8 Å². The second kappa shape index (κ2) is 11.2. The van der Waals surface area contributed by atoms with Crippen LogP contribution in [0.25, 0.3) is 0 Å². The molecule has 2 amide bonds. The Hall–Kier alpha value is -3.31. The van der Waals surface area contributed by atoms with Crippen LogP contribution >= 0.6 is 11.6 Å². The molecule has 0 atom stereocenters. The average molecular weight is 476 g/mol. The van der Waals surface area contributed by atoms with E-state index in [-0.39, 0.29) is 17.9 Å². The van der Waals surface area contributed by atoms with Gasteiger partial charge in [-0.3, -0.25) is 9.59 Å². The molecule has 1 N–H and O–H groups in total. The molecule has 3 aromatic rings. The van der Waals surface area contributed by atoms with E-state index in [2.05, 4.69) is 10.2 Å². The summed E-state index contributed by atoms with van der Waals surface area (Å²) >= 11 is 5.92. The number of piperidine rings is 1. The van der Waals surface area contributed by atoms with Crippen LogP contribution in [0.4, 0.5) is 5.69 Å². The number of halogens is 1. The van der Waals surface area contributed by atoms with Gasteiger partial charge >= 0.3 is 0 Å². The fourth-order valence-electron chi connectivity index (χ4n) is 4.37. The molecule has 6 heteroatoms. The maximum atomic E-state index is 13.5. The fourth-order valence-corrected chi connectivity index (χ4v) is 4.49. The second-order valence-electron chi connectivity index (χ2n) is 8.56. The first-order valence-electron chi connectivity index (χ1n) is 11.8. The molecule has 3 aromatic carbocycles. The number of anilines is 1. The molecule has 0 saturated carbocycles. The maximum absolute atomic E-state index is 13.5. The number of nitrogens with one attached hydrogen (secondary N) is 1. The predicted octanol–water partition coefficient (Wildman–Crippen LogP) is 5.40. The first-order chi connectivity index (χ1) is 16.5. The Morgan fingerprint density at radius 1 is 0.941 bits per heavy atom. The van der Waals surface area contributed by atoms with Crippen molar-refractivity contribution in [1.82, 2.24) is 10.2 Å². The minimum absolute atomic E-state index is 0.0418. The van der Waals surface area contributed by atoms with Crippen molar-refractivity contribution in [2.45, 2.75) is 32.4 Å². The highest BCUT2D eigenvalue weighted by Crippen LogP contribution is 2.26. The molecule has 0 unspecified atom stereocenters. The first-order valence-corrected chi connectivity index (χ1v) is 12.2. The number of nitrogens with zero attached hydrogens (tertiary/aromatic N) is 2. The van der Waals surface area contributed by atoms with E-state index in [1.165, 1.54) is 0 Å². The number of benzene rings is 3. The standard InChI is InChI=1S/C28H30ClN3O2/c1-2-31(20-21-8-4-3-5-9-21)28(34)25-10-6-7-11-26(25)32-18-16-24(17-19-32)30-27(33)22-12-14-23(29)15-13-22/h3-15,24H,2,16-20H2,1H3,(H,30,33). The van der Waals surface area contributed by atoms with Crippen LogP contribution in [0, 0.1) is 0 Å². The van der Waals surface area contributed by atoms with Gasteiger partial charge in [0.1, 0.15) is 0 Å². The van der Waals surface area contributed by atoms with Gasteiger partial charge in [-0.25, -0.2) is 0 Å². The van der Waals surface area contributed by atoms with E-state index < -0.39 is 0 Å². The molecular formula is C28H30ClN3O2. The van der Waals surface area contributed by atoms with Gasteiger partial charge in [-0.1, -0.05) is 54.1 Å². The summed E-state index contributed by atoms with van der Waals surface area (Å²) in [6.07, 6.45) is 1.65. The van der Waals surface area contributed by atoms with Crippen LogP contribution in [-0.4, -0.2) is 42.4 Å². The molecule has 1 heterocycles. The quantitative estimate of drug-likeness (QED) is 0.497. The van der Waals surface area contributed by atoms with Crippen molar-refractivity contribution < 1.29 is 9.59 Å². The normalized spacial score (nSPS) is 14.0. The van der Waals surface area contributed by atoms with Gasteiger partial charge < -0.3 is 15.1 Å². The van der Waals surface area contributed by atoms with Crippen molar-refractivity contribution in [3.05, 3.63) is 101 Å². The van der Waals surface area contributed by atoms with Crippen molar-refractivity contribution in [1.29, 1.82) is 0 Å². The smallest absolute Gasteiger partial charge is 0.256 e. The summed E-state index contributed by atoms with van der Waals surface area (Å²) in [5, 5.41) is 3.75. The zero-order valence-electron chi connectivity index (χ0n) is 19.4. The van der Waals surface area contributed by atoms with Gasteiger partial charge in [-0.05, 0) is 61.7 Å². The average Bonchev–Trinajstić information content (AvgIpc) is 2.88. The van der Waals surface area contributed by atoms with Crippen molar-refractivity contribution in [3.63, 3.8) is 0 Å². The highest BCUT2D eigenvalue weighted by Gasteiger charge is 2.25. The number of carbonyl (C=O) groups excluding carboxylic acids is 2. The predicted molar refractivity (Wildman–Crippen MR) is 137 cm³/mol. The largest absolute Gasteiger partial charge is 0.371 e. The van der Waals surface area contributed by atoms with Crippen molar-refractivity contribution in [3.8, 4) is 0 Å². The van der Waals surface area contributed by atoms with E-state index in [9.17, 15) is 9.59 Å². The zero-order valence-corrected chi connectivity index (χ0v) is 20.2. The van der Waals surface area contributed by atoms with Crippen LogP contribution in [0.2, 0.25) is 5.02 Å². The molecular weight excluding hydrogens is 446 g/mol. The van der Waals surface area contributed by atoms with E-state index in [1.54, 1.807) is 24.3 Å². The number of hydrogen-bond donors (Lipinski definition) is 1. The lowest BCUT2D eigenvalue weighted by Gasteiger charge is -2.35. The Morgan fingerprint density at radius 3 is 2.26 bits per heavy atom. The van der Waals surface area contributed by atoms with E-state index in [0.717, 1.165) is 42.7 Å². The topological polar surface area (TPSA) is 52.7 Å². The monoisotopic (exact) mass is 475 g/mol. The van der Waals surface area contributed by atoms with E-state index in [1.807, 2.05) is 66.4 Å². The Morgan fingerprint density at radius 2 is 1.59 bits per heavy atom. The van der Waals surface area contributed by atoms with Crippen molar-refractivity contribution in [2.75, 3.05) is 24.5 Å². The van der Waals surface area contributed by atoms with Gasteiger partial charge in [0.15, 0.2) is 0 Å².